The maximum Gasteiger partial charge on any atom is 0.225 e. The lowest BCUT2D eigenvalue weighted by atomic mass is 9.65. The number of ether oxygens (including phenoxy) is 1. The number of amides is 2. The molecule has 7 heteroatoms. The number of hydrogen-bond donors (Lipinski definition) is 0. The average Bonchev–Trinajstić information content (AvgIpc) is 3.12. The van der Waals surface area contributed by atoms with E-state index in [1.165, 1.54) is 0 Å². The van der Waals surface area contributed by atoms with Crippen LogP contribution in [0.1, 0.15) is 53.4 Å². The second-order valence-electron chi connectivity index (χ2n) is 11.4. The highest BCUT2D eigenvalue weighted by Gasteiger charge is 2.59. The van der Waals surface area contributed by atoms with E-state index in [4.69, 9.17) is 4.74 Å². The Balaban J connectivity index is 2.14. The fraction of sp³-hybridized carbons (Fsp3) is 0.917. The first-order valence-corrected chi connectivity index (χ1v) is 14.4. The van der Waals surface area contributed by atoms with Crippen LogP contribution in [0.2, 0.25) is 0 Å². The largest absolute Gasteiger partial charge is 0.380 e. The maximum absolute atomic E-state index is 12.9. The highest BCUT2D eigenvalue weighted by Crippen LogP contribution is 2.60. The molecule has 5 nitrogen and oxygen atoms in total. The zero-order chi connectivity index (χ0) is 23.8. The number of rotatable bonds is 8. The lowest BCUT2D eigenvalue weighted by Gasteiger charge is -2.46. The molecule has 2 aliphatic carbocycles. The summed E-state index contributed by atoms with van der Waals surface area (Å²) in [5.41, 5.74) is -0.221. The molecule has 180 valence electrons. The molecule has 0 heterocycles. The van der Waals surface area contributed by atoms with E-state index in [9.17, 15) is 9.59 Å². The number of carbonyl (C=O) groups excluding carboxylic acids is 2. The molecular weight excluding hydrogens is 618 g/mol. The molecule has 0 aromatic carbocycles. The maximum atomic E-state index is 12.9. The van der Waals surface area contributed by atoms with Crippen molar-refractivity contribution in [2.45, 2.75) is 53.4 Å². The molecule has 2 aliphatic rings. The van der Waals surface area contributed by atoms with E-state index in [1.54, 1.807) is 9.80 Å². The van der Waals surface area contributed by atoms with Gasteiger partial charge in [0.25, 0.3) is 0 Å². The molecule has 0 N–H and O–H groups in total. The molecule has 0 unspecified atom stereocenters. The normalized spacial score (nSPS) is 40.2. The van der Waals surface area contributed by atoms with Crippen LogP contribution in [0.15, 0.2) is 0 Å². The van der Waals surface area contributed by atoms with Crippen molar-refractivity contribution in [3.63, 3.8) is 0 Å². The summed E-state index contributed by atoms with van der Waals surface area (Å²) in [4.78, 5) is 29.2. The van der Waals surface area contributed by atoms with Crippen molar-refractivity contribution < 1.29 is 14.3 Å². The van der Waals surface area contributed by atoms with Gasteiger partial charge >= 0.3 is 0 Å². The van der Waals surface area contributed by atoms with E-state index >= 15 is 0 Å². The minimum absolute atomic E-state index is 0.0287. The molecule has 0 bridgehead atoms. The van der Waals surface area contributed by atoms with Gasteiger partial charge in [0.05, 0.1) is 13.2 Å². The average molecular weight is 660 g/mol. The molecule has 0 spiro atoms. The van der Waals surface area contributed by atoms with Crippen molar-refractivity contribution in [2.75, 3.05) is 50.3 Å². The van der Waals surface area contributed by atoms with E-state index in [2.05, 4.69) is 72.9 Å². The van der Waals surface area contributed by atoms with Gasteiger partial charge in [0.15, 0.2) is 0 Å². The third-order valence-electron chi connectivity index (χ3n) is 9.14. The molecule has 0 aromatic heterocycles. The summed E-state index contributed by atoms with van der Waals surface area (Å²) >= 11 is 4.91. The van der Waals surface area contributed by atoms with Gasteiger partial charge in [-0.1, -0.05) is 72.9 Å². The Kier molecular flexibility index (Phi) is 8.83. The van der Waals surface area contributed by atoms with Crippen LogP contribution in [0.5, 0.6) is 0 Å². The van der Waals surface area contributed by atoms with Gasteiger partial charge < -0.3 is 14.5 Å². The van der Waals surface area contributed by atoms with Crippen molar-refractivity contribution in [2.24, 2.45) is 33.5 Å². The molecule has 2 rings (SSSR count). The zero-order valence-corrected chi connectivity index (χ0v) is 25.0. The van der Waals surface area contributed by atoms with Crippen LogP contribution >= 0.6 is 45.2 Å². The van der Waals surface area contributed by atoms with Gasteiger partial charge in [-0.25, -0.2) is 0 Å². The van der Waals surface area contributed by atoms with E-state index in [1.807, 2.05) is 28.2 Å². The molecule has 2 amide bonds. The zero-order valence-electron chi connectivity index (χ0n) is 20.7. The fourth-order valence-electron chi connectivity index (χ4n) is 5.88. The van der Waals surface area contributed by atoms with Gasteiger partial charge in [0, 0.05) is 48.9 Å². The molecule has 0 aliphatic heterocycles. The molecule has 0 aromatic rings. The van der Waals surface area contributed by atoms with Gasteiger partial charge in [0.1, 0.15) is 0 Å². The monoisotopic (exact) mass is 660 g/mol. The quantitative estimate of drug-likeness (QED) is 0.275. The third-order valence-corrected chi connectivity index (χ3v) is 12.3. The molecule has 0 radical (unpaired) electrons. The highest BCUT2D eigenvalue weighted by molar-refractivity contribution is 14.1. The minimum Gasteiger partial charge on any atom is -0.380 e. The van der Waals surface area contributed by atoms with Gasteiger partial charge in [-0.05, 0) is 47.3 Å². The lowest BCUT2D eigenvalue weighted by molar-refractivity contribution is -0.139. The number of carbonyl (C=O) groups is 2. The summed E-state index contributed by atoms with van der Waals surface area (Å²) in [7, 11) is 7.44. The van der Waals surface area contributed by atoms with Crippen LogP contribution in [0.3, 0.4) is 0 Å². The molecule has 0 saturated heterocycles. The minimum atomic E-state index is -0.0819. The van der Waals surface area contributed by atoms with Gasteiger partial charge in [-0.15, -0.1) is 0 Å². The predicted octanol–water partition coefficient (Wildman–Crippen LogP) is 4.89. The SMILES string of the molecule is CN(C)C(=O)[C@@H]1CC[C@](C)(COC[C@@]2(C)CC[C@@H](C(=O)N(C)C)[C@]2(C)CI)[C@@]1(C)CI. The summed E-state index contributed by atoms with van der Waals surface area (Å²) in [6, 6.07) is 0. The van der Waals surface area contributed by atoms with E-state index in [0.717, 1.165) is 34.5 Å². The van der Waals surface area contributed by atoms with Gasteiger partial charge in [0.2, 0.25) is 11.8 Å². The van der Waals surface area contributed by atoms with Crippen LogP contribution in [0.4, 0.5) is 0 Å². The Morgan fingerprint density at radius 3 is 1.35 bits per heavy atom. The van der Waals surface area contributed by atoms with Crippen molar-refractivity contribution in [3.8, 4) is 0 Å². The Hall–Kier alpha value is 0.360. The van der Waals surface area contributed by atoms with Crippen molar-refractivity contribution in [1.82, 2.24) is 9.80 Å². The highest BCUT2D eigenvalue weighted by atomic mass is 127. The topological polar surface area (TPSA) is 49.9 Å². The van der Waals surface area contributed by atoms with Crippen molar-refractivity contribution in [1.29, 1.82) is 0 Å². The first kappa shape index (κ1) is 27.6. The Morgan fingerprint density at radius 2 is 1.10 bits per heavy atom. The number of nitrogens with zero attached hydrogens (tertiary/aromatic N) is 2. The van der Waals surface area contributed by atoms with Gasteiger partial charge in [-0.3, -0.25) is 9.59 Å². The molecule has 31 heavy (non-hydrogen) atoms. The van der Waals surface area contributed by atoms with Crippen LogP contribution in [0.25, 0.3) is 0 Å². The summed E-state index contributed by atoms with van der Waals surface area (Å²) < 4.78 is 8.41. The van der Waals surface area contributed by atoms with Crippen LogP contribution in [-0.4, -0.2) is 71.9 Å². The van der Waals surface area contributed by atoms with Crippen LogP contribution in [0, 0.1) is 33.5 Å². The molecule has 2 fully saturated rings. The standard InChI is InChI=1S/C24H42I2N2O3/c1-21(11-9-17(19(29)27(5)6)23(21,3)13-25)15-31-16-22(2)12-10-18(20(30)28(7)8)24(22,4)14-26/h17-18H,9-16H2,1-8H3/t17-,18-,21+,22+,23-,24-/m0/s1. The lowest BCUT2D eigenvalue weighted by Crippen LogP contribution is -2.48. The summed E-state index contributed by atoms with van der Waals surface area (Å²) in [5, 5.41) is 0. The van der Waals surface area contributed by atoms with Crippen molar-refractivity contribution >= 4 is 57.0 Å². The Bertz CT molecular complexity index is 632. The second-order valence-corrected chi connectivity index (χ2v) is 12.9. The Morgan fingerprint density at radius 1 is 0.774 bits per heavy atom. The van der Waals surface area contributed by atoms with E-state index in [0.29, 0.717) is 13.2 Å². The van der Waals surface area contributed by atoms with Crippen LogP contribution < -0.4 is 0 Å². The number of alkyl halides is 2. The summed E-state index contributed by atoms with van der Waals surface area (Å²) in [6.07, 6.45) is 3.88. The third kappa shape index (κ3) is 4.66. The van der Waals surface area contributed by atoms with Gasteiger partial charge in [-0.2, -0.15) is 0 Å². The second kappa shape index (κ2) is 9.92. The van der Waals surface area contributed by atoms with E-state index < -0.39 is 0 Å². The first-order valence-electron chi connectivity index (χ1n) is 11.3. The Labute approximate surface area is 217 Å². The smallest absolute Gasteiger partial charge is 0.225 e. The number of hydrogen-bond acceptors (Lipinski definition) is 3. The predicted molar refractivity (Wildman–Crippen MR) is 144 cm³/mol. The fourth-order valence-corrected chi connectivity index (χ4v) is 8.78. The number of halogens is 2. The van der Waals surface area contributed by atoms with E-state index in [-0.39, 0.29) is 45.3 Å². The summed E-state index contributed by atoms with van der Waals surface area (Å²) in [5.74, 6) is 0.592. The molecule has 2 saturated carbocycles. The molecular formula is C24H42I2N2O3. The van der Waals surface area contributed by atoms with Crippen LogP contribution in [-0.2, 0) is 14.3 Å². The summed E-state index contributed by atoms with van der Waals surface area (Å²) in [6.45, 7) is 10.5. The first-order chi connectivity index (χ1) is 14.2. The van der Waals surface area contributed by atoms with Crippen molar-refractivity contribution in [3.05, 3.63) is 0 Å². The molecule has 6 atom stereocenters.